The Morgan fingerprint density at radius 3 is 2.47 bits per heavy atom. The number of nitrogens with two attached hydrogens (primary N) is 1. The lowest BCUT2D eigenvalue weighted by Crippen LogP contribution is -2.57. The van der Waals surface area contributed by atoms with Crippen LogP contribution in [0, 0.1) is 5.92 Å². The first-order valence-electron chi connectivity index (χ1n) is 6.65. The van der Waals surface area contributed by atoms with Gasteiger partial charge in [0, 0.05) is 24.7 Å². The van der Waals surface area contributed by atoms with Crippen LogP contribution in [0.25, 0.3) is 0 Å². The Bertz CT molecular complexity index is 349. The van der Waals surface area contributed by atoms with E-state index >= 15 is 0 Å². The fourth-order valence-corrected chi connectivity index (χ4v) is 3.02. The van der Waals surface area contributed by atoms with Gasteiger partial charge in [0.15, 0.2) is 0 Å². The summed E-state index contributed by atoms with van der Waals surface area (Å²) in [5, 5.41) is 0. The first-order valence-corrected chi connectivity index (χ1v) is 6.65. The molecule has 1 aliphatic rings. The van der Waals surface area contributed by atoms with Gasteiger partial charge in [0.1, 0.15) is 0 Å². The molecule has 17 heavy (non-hydrogen) atoms. The highest BCUT2D eigenvalue weighted by molar-refractivity contribution is 5.15. The van der Waals surface area contributed by atoms with E-state index in [1.165, 1.54) is 12.0 Å². The molecule has 1 aromatic rings. The van der Waals surface area contributed by atoms with Crippen LogP contribution in [-0.2, 0) is 6.54 Å². The summed E-state index contributed by atoms with van der Waals surface area (Å²) in [4.78, 5) is 2.54. The molecule has 1 saturated heterocycles. The predicted molar refractivity (Wildman–Crippen MR) is 72.7 cm³/mol. The van der Waals surface area contributed by atoms with Gasteiger partial charge >= 0.3 is 0 Å². The van der Waals surface area contributed by atoms with E-state index in [9.17, 15) is 0 Å². The molecule has 0 aliphatic carbocycles. The minimum Gasteiger partial charge on any atom is -0.326 e. The second-order valence-corrected chi connectivity index (χ2v) is 5.54. The molecule has 0 amide bonds. The van der Waals surface area contributed by atoms with E-state index < -0.39 is 0 Å². The third kappa shape index (κ3) is 2.70. The molecule has 2 N–H and O–H groups in total. The van der Waals surface area contributed by atoms with Crippen molar-refractivity contribution < 1.29 is 0 Å². The van der Waals surface area contributed by atoms with Crippen LogP contribution in [0.15, 0.2) is 30.3 Å². The minimum atomic E-state index is 0.301. The van der Waals surface area contributed by atoms with Crippen LogP contribution < -0.4 is 5.73 Å². The number of likely N-dealkylation sites (tertiary alicyclic amines) is 1. The van der Waals surface area contributed by atoms with Crippen LogP contribution >= 0.6 is 0 Å². The smallest absolute Gasteiger partial charge is 0.0240 e. The Morgan fingerprint density at radius 1 is 1.18 bits per heavy atom. The van der Waals surface area contributed by atoms with Crippen molar-refractivity contribution in [1.29, 1.82) is 0 Å². The van der Waals surface area contributed by atoms with E-state index in [1.807, 2.05) is 0 Å². The molecule has 2 rings (SSSR count). The predicted octanol–water partition coefficient (Wildman–Crippen LogP) is 2.63. The number of piperidine rings is 1. The summed E-state index contributed by atoms with van der Waals surface area (Å²) < 4.78 is 0. The molecule has 1 heterocycles. The molecule has 0 bridgehead atoms. The Hall–Kier alpha value is -0.860. The van der Waals surface area contributed by atoms with Crippen molar-refractivity contribution >= 4 is 0 Å². The number of rotatable bonds is 2. The molecule has 2 heteroatoms. The fourth-order valence-electron chi connectivity index (χ4n) is 3.02. The van der Waals surface area contributed by atoms with Gasteiger partial charge in [-0.3, -0.25) is 4.90 Å². The molecule has 4 atom stereocenters. The van der Waals surface area contributed by atoms with Gasteiger partial charge in [0.2, 0.25) is 0 Å². The SMILES string of the molecule is C[C@@H]1C[C@H](C)N(Cc2ccccc2)[C@H](C)[C@@H]1N. The zero-order chi connectivity index (χ0) is 12.4. The summed E-state index contributed by atoms with van der Waals surface area (Å²) in [7, 11) is 0. The standard InChI is InChI=1S/C15H24N2/c1-11-9-12(2)17(13(3)15(11)16)10-14-7-5-4-6-8-14/h4-8,11-13,15H,9-10,16H2,1-3H3/t11-,12+,13-,15-/m1/s1. The van der Waals surface area contributed by atoms with E-state index in [0.29, 0.717) is 24.0 Å². The number of nitrogens with zero attached hydrogens (tertiary/aromatic N) is 1. The topological polar surface area (TPSA) is 29.3 Å². The highest BCUT2D eigenvalue weighted by Crippen LogP contribution is 2.28. The van der Waals surface area contributed by atoms with Crippen LogP contribution in [-0.4, -0.2) is 23.0 Å². The monoisotopic (exact) mass is 232 g/mol. The van der Waals surface area contributed by atoms with Gasteiger partial charge in [-0.05, 0) is 31.7 Å². The van der Waals surface area contributed by atoms with Gasteiger partial charge in [-0.2, -0.15) is 0 Å². The maximum absolute atomic E-state index is 6.29. The third-order valence-electron chi connectivity index (χ3n) is 4.22. The maximum Gasteiger partial charge on any atom is 0.0240 e. The lowest BCUT2D eigenvalue weighted by Gasteiger charge is -2.45. The molecule has 1 fully saturated rings. The van der Waals surface area contributed by atoms with Crippen LogP contribution in [0.5, 0.6) is 0 Å². The number of hydrogen-bond acceptors (Lipinski definition) is 2. The lowest BCUT2D eigenvalue weighted by atomic mass is 9.84. The maximum atomic E-state index is 6.29. The lowest BCUT2D eigenvalue weighted by molar-refractivity contribution is 0.0500. The summed E-state index contributed by atoms with van der Waals surface area (Å²) in [6, 6.07) is 12.1. The summed E-state index contributed by atoms with van der Waals surface area (Å²) in [5.41, 5.74) is 7.67. The van der Waals surface area contributed by atoms with Crippen molar-refractivity contribution in [2.24, 2.45) is 11.7 Å². The first kappa shape index (κ1) is 12.6. The molecular formula is C15H24N2. The summed E-state index contributed by atoms with van der Waals surface area (Å²) in [6.45, 7) is 7.88. The molecule has 0 radical (unpaired) electrons. The summed E-state index contributed by atoms with van der Waals surface area (Å²) >= 11 is 0. The average molecular weight is 232 g/mol. The minimum absolute atomic E-state index is 0.301. The third-order valence-corrected chi connectivity index (χ3v) is 4.22. The Morgan fingerprint density at radius 2 is 1.82 bits per heavy atom. The van der Waals surface area contributed by atoms with Gasteiger partial charge in [-0.15, -0.1) is 0 Å². The zero-order valence-corrected chi connectivity index (χ0v) is 11.1. The van der Waals surface area contributed by atoms with Crippen molar-refractivity contribution in [1.82, 2.24) is 4.90 Å². The van der Waals surface area contributed by atoms with Crippen LogP contribution in [0.3, 0.4) is 0 Å². The van der Waals surface area contributed by atoms with Crippen LogP contribution in [0.4, 0.5) is 0 Å². The molecule has 0 unspecified atom stereocenters. The van der Waals surface area contributed by atoms with Crippen LogP contribution in [0.1, 0.15) is 32.8 Å². The van der Waals surface area contributed by atoms with Crippen molar-refractivity contribution in [3.05, 3.63) is 35.9 Å². The van der Waals surface area contributed by atoms with Gasteiger partial charge < -0.3 is 5.73 Å². The van der Waals surface area contributed by atoms with Crippen molar-refractivity contribution in [2.75, 3.05) is 0 Å². The highest BCUT2D eigenvalue weighted by atomic mass is 15.2. The Balaban J connectivity index is 2.09. The van der Waals surface area contributed by atoms with Crippen molar-refractivity contribution in [3.8, 4) is 0 Å². The molecule has 94 valence electrons. The van der Waals surface area contributed by atoms with Gasteiger partial charge in [0.25, 0.3) is 0 Å². The highest BCUT2D eigenvalue weighted by Gasteiger charge is 2.34. The molecule has 1 aromatic carbocycles. The Kier molecular flexibility index (Phi) is 3.85. The van der Waals surface area contributed by atoms with E-state index in [1.54, 1.807) is 0 Å². The molecule has 0 saturated carbocycles. The molecule has 1 aliphatic heterocycles. The van der Waals surface area contributed by atoms with Crippen molar-refractivity contribution in [3.63, 3.8) is 0 Å². The fraction of sp³-hybridized carbons (Fsp3) is 0.600. The molecule has 0 aromatic heterocycles. The van der Waals surface area contributed by atoms with E-state index in [-0.39, 0.29) is 0 Å². The van der Waals surface area contributed by atoms with E-state index in [4.69, 9.17) is 5.73 Å². The van der Waals surface area contributed by atoms with E-state index in [0.717, 1.165) is 6.54 Å². The van der Waals surface area contributed by atoms with Crippen molar-refractivity contribution in [2.45, 2.75) is 51.9 Å². The second kappa shape index (κ2) is 5.19. The quantitative estimate of drug-likeness (QED) is 0.849. The van der Waals surface area contributed by atoms with Gasteiger partial charge in [-0.25, -0.2) is 0 Å². The molecule has 0 spiro atoms. The second-order valence-electron chi connectivity index (χ2n) is 5.54. The number of hydrogen-bond donors (Lipinski definition) is 1. The van der Waals surface area contributed by atoms with Gasteiger partial charge in [-0.1, -0.05) is 37.3 Å². The normalized spacial score (nSPS) is 34.8. The van der Waals surface area contributed by atoms with Crippen LogP contribution in [0.2, 0.25) is 0 Å². The zero-order valence-electron chi connectivity index (χ0n) is 11.1. The summed E-state index contributed by atoms with van der Waals surface area (Å²) in [5.74, 6) is 0.632. The largest absolute Gasteiger partial charge is 0.326 e. The molecule has 2 nitrogen and oxygen atoms in total. The van der Waals surface area contributed by atoms with E-state index in [2.05, 4.69) is 56.0 Å². The first-order chi connectivity index (χ1) is 8.09. The average Bonchev–Trinajstić information content (AvgIpc) is 2.33. The molecular weight excluding hydrogens is 208 g/mol. The number of benzene rings is 1. The summed E-state index contributed by atoms with van der Waals surface area (Å²) in [6.07, 6.45) is 1.21. The Labute approximate surface area is 105 Å². The van der Waals surface area contributed by atoms with Gasteiger partial charge in [0.05, 0.1) is 0 Å².